The minimum atomic E-state index is -5.26. The maximum Gasteiger partial charge on any atom is 0.245 e. The Kier molecular flexibility index (Phi) is 8.43. The average Bonchev–Trinajstić information content (AvgIpc) is 2.35. The van der Waals surface area contributed by atoms with Gasteiger partial charge in [0.2, 0.25) is 20.8 Å². The van der Waals surface area contributed by atoms with Crippen molar-refractivity contribution in [2.45, 2.75) is 24.4 Å². The van der Waals surface area contributed by atoms with Crippen molar-refractivity contribution in [1.29, 1.82) is 0 Å². The Morgan fingerprint density at radius 3 is 2.00 bits per heavy atom. The van der Waals surface area contributed by atoms with Crippen LogP contribution in [0.1, 0.15) is 0 Å². The Hall–Kier alpha value is -0.790. The van der Waals surface area contributed by atoms with Crippen LogP contribution in [0.25, 0.3) is 0 Å². The highest BCUT2D eigenvalue weighted by Crippen LogP contribution is 2.06. The highest BCUT2D eigenvalue weighted by Gasteiger charge is 2.32. The van der Waals surface area contributed by atoms with Crippen LogP contribution < -0.4 is 5.48 Å². The van der Waals surface area contributed by atoms with Gasteiger partial charge in [-0.1, -0.05) is 0 Å². The molecule has 0 aromatic rings. The molecule has 0 saturated heterocycles. The molecule has 0 aromatic carbocycles. The molecule has 0 aliphatic carbocycles. The van der Waals surface area contributed by atoms with Gasteiger partial charge in [-0.2, -0.15) is 9.76 Å². The molecule has 4 unspecified atom stereocenters. The van der Waals surface area contributed by atoms with Gasteiger partial charge in [0.05, 0.1) is 0 Å². The Labute approximate surface area is 124 Å². The van der Waals surface area contributed by atoms with E-state index in [0.717, 1.165) is 0 Å². The monoisotopic (exact) mass is 369 g/mol. The Morgan fingerprint density at radius 2 is 1.59 bits per heavy atom. The average molecular weight is 369 g/mol. The molecule has 0 amide bonds. The van der Waals surface area contributed by atoms with Crippen molar-refractivity contribution in [3.63, 3.8) is 0 Å². The minimum Gasteiger partial charge on any atom is -0.724 e. The molecule has 16 heteroatoms. The van der Waals surface area contributed by atoms with Crippen molar-refractivity contribution in [2.75, 3.05) is 6.61 Å². The maximum absolute atomic E-state index is 10.6. The van der Waals surface area contributed by atoms with Crippen molar-refractivity contribution in [3.05, 3.63) is 0 Å². The van der Waals surface area contributed by atoms with Crippen LogP contribution in [-0.4, -0.2) is 78.5 Å². The molecule has 22 heavy (non-hydrogen) atoms. The molecule has 4 N–H and O–H groups in total. The number of hydrogen-bond donors (Lipinski definition) is 4. The molecule has 0 saturated carbocycles. The van der Waals surface area contributed by atoms with Gasteiger partial charge in [0.15, 0.2) is 0 Å². The highest BCUT2D eigenvalue weighted by molar-refractivity contribution is 7.80. The molecule has 0 heterocycles. The Morgan fingerprint density at radius 1 is 1.05 bits per heavy atom. The van der Waals surface area contributed by atoms with Gasteiger partial charge in [-0.15, -0.1) is 4.33 Å². The molecule has 0 spiro atoms. The third kappa shape index (κ3) is 9.27. The normalized spacial score (nSPS) is 18.4. The lowest BCUT2D eigenvalue weighted by Gasteiger charge is -2.26. The summed E-state index contributed by atoms with van der Waals surface area (Å²) in [4.78, 5) is 14.3. The number of hydroxylamine groups is 1. The molecular formula is C6H11NO13S2-2. The summed E-state index contributed by atoms with van der Waals surface area (Å²) in [6, 6.07) is -1.96. The van der Waals surface area contributed by atoms with Crippen LogP contribution in [0.4, 0.5) is 0 Å². The molecule has 0 radical (unpaired) electrons. The van der Waals surface area contributed by atoms with Gasteiger partial charge >= 0.3 is 0 Å². The van der Waals surface area contributed by atoms with Crippen LogP contribution in [0.5, 0.6) is 0 Å². The van der Waals surface area contributed by atoms with E-state index in [-0.39, 0.29) is 6.29 Å². The number of carbonyl (C=O) groups is 1. The van der Waals surface area contributed by atoms with Gasteiger partial charge in [0.25, 0.3) is 0 Å². The highest BCUT2D eigenvalue weighted by atomic mass is 32.3. The number of aldehydes is 1. The summed E-state index contributed by atoms with van der Waals surface area (Å²) < 4.78 is 67.1. The van der Waals surface area contributed by atoms with Crippen molar-refractivity contribution in [3.8, 4) is 0 Å². The zero-order valence-electron chi connectivity index (χ0n) is 10.3. The molecule has 0 aromatic heterocycles. The van der Waals surface area contributed by atoms with E-state index in [4.69, 9.17) is 0 Å². The minimum absolute atomic E-state index is 0.161. The molecule has 0 aliphatic rings. The van der Waals surface area contributed by atoms with Gasteiger partial charge in [0.1, 0.15) is 37.2 Å². The summed E-state index contributed by atoms with van der Waals surface area (Å²) in [5.74, 6) is 0. The first-order chi connectivity index (χ1) is 9.87. The van der Waals surface area contributed by atoms with Crippen molar-refractivity contribution >= 4 is 27.1 Å². The summed E-state index contributed by atoms with van der Waals surface area (Å²) >= 11 is 0. The van der Waals surface area contributed by atoms with E-state index in [1.54, 1.807) is 0 Å². The standard InChI is InChI=1S/C6H13NO13S2/c8-1-3(7-19-21(12,13)14)5(10)6(11)4(9)2-18-20-22(15,16)17/h1,3-7,9-11H,2H2,(H,12,13,14)(H,15,16,17)/p-2. The molecule has 0 rings (SSSR count). The summed E-state index contributed by atoms with van der Waals surface area (Å²) in [5.41, 5.74) is 1.32. The van der Waals surface area contributed by atoms with Crippen LogP contribution in [0, 0.1) is 0 Å². The zero-order chi connectivity index (χ0) is 17.6. The van der Waals surface area contributed by atoms with Crippen LogP contribution in [0.2, 0.25) is 0 Å². The van der Waals surface area contributed by atoms with E-state index in [0.29, 0.717) is 0 Å². The lowest BCUT2D eigenvalue weighted by molar-refractivity contribution is -0.237. The molecule has 0 aliphatic heterocycles. The van der Waals surface area contributed by atoms with Gasteiger partial charge < -0.3 is 29.2 Å². The lowest BCUT2D eigenvalue weighted by Crippen LogP contribution is -2.52. The van der Waals surface area contributed by atoms with E-state index in [1.165, 1.54) is 5.48 Å². The van der Waals surface area contributed by atoms with E-state index < -0.39 is 51.8 Å². The van der Waals surface area contributed by atoms with Gasteiger partial charge in [-0.3, -0.25) is 0 Å². The number of rotatable bonds is 11. The fraction of sp³-hybridized carbons (Fsp3) is 0.833. The molecule has 132 valence electrons. The van der Waals surface area contributed by atoms with Gasteiger partial charge in [-0.25, -0.2) is 21.7 Å². The Balaban J connectivity index is 4.52. The SMILES string of the molecule is O=CC(NOS(=O)(=O)[O-])C(O)C(O)C(O)COOS(=O)(=O)[O-]. The van der Waals surface area contributed by atoms with Gasteiger partial charge in [-0.05, 0) is 0 Å². The third-order valence-electron chi connectivity index (χ3n) is 1.92. The molecular weight excluding hydrogens is 358 g/mol. The Bertz CT molecular complexity index is 543. The lowest BCUT2D eigenvalue weighted by atomic mass is 10.0. The maximum atomic E-state index is 10.6. The number of carbonyl (C=O) groups excluding carboxylic acids is 1. The van der Waals surface area contributed by atoms with Crippen molar-refractivity contribution < 1.29 is 59.6 Å². The zero-order valence-corrected chi connectivity index (χ0v) is 12.0. The fourth-order valence-corrected chi connectivity index (χ4v) is 1.39. The number of nitrogens with one attached hydrogen (secondary N) is 1. The first-order valence-electron chi connectivity index (χ1n) is 5.03. The van der Waals surface area contributed by atoms with Gasteiger partial charge in [0, 0.05) is 0 Å². The fourth-order valence-electron chi connectivity index (χ4n) is 0.988. The van der Waals surface area contributed by atoms with E-state index in [1.807, 2.05) is 0 Å². The quantitative estimate of drug-likeness (QED) is 0.0878. The number of aliphatic hydroxyl groups excluding tert-OH is 3. The largest absolute Gasteiger partial charge is 0.724 e. The van der Waals surface area contributed by atoms with E-state index >= 15 is 0 Å². The first kappa shape index (κ1) is 21.2. The molecule has 0 fully saturated rings. The second-order valence-corrected chi connectivity index (χ2v) is 5.52. The smallest absolute Gasteiger partial charge is 0.245 e. The van der Waals surface area contributed by atoms with Crippen molar-refractivity contribution in [1.82, 2.24) is 5.48 Å². The van der Waals surface area contributed by atoms with E-state index in [2.05, 4.69) is 13.5 Å². The topological polar surface area (TPSA) is 232 Å². The predicted octanol–water partition coefficient (Wildman–Crippen LogP) is -4.97. The van der Waals surface area contributed by atoms with Crippen LogP contribution in [0.3, 0.4) is 0 Å². The number of aliphatic hydroxyl groups is 3. The van der Waals surface area contributed by atoms with Crippen LogP contribution in [0.15, 0.2) is 0 Å². The number of hydrogen-bond acceptors (Lipinski definition) is 14. The summed E-state index contributed by atoms with van der Waals surface area (Å²) in [7, 11) is -10.5. The van der Waals surface area contributed by atoms with Crippen molar-refractivity contribution in [2.24, 2.45) is 0 Å². The van der Waals surface area contributed by atoms with E-state index in [9.17, 15) is 46.1 Å². The predicted molar refractivity (Wildman–Crippen MR) is 58.5 cm³/mol. The van der Waals surface area contributed by atoms with Crippen LogP contribution >= 0.6 is 0 Å². The molecule has 0 bridgehead atoms. The van der Waals surface area contributed by atoms with Crippen LogP contribution in [-0.2, 0) is 39.1 Å². The molecule has 4 atom stereocenters. The second kappa shape index (κ2) is 8.74. The summed E-state index contributed by atoms with van der Waals surface area (Å²) in [5, 5.41) is 28.1. The third-order valence-corrected chi connectivity index (χ3v) is 2.48. The summed E-state index contributed by atoms with van der Waals surface area (Å²) in [6.07, 6.45) is -6.64. The second-order valence-electron chi connectivity index (χ2n) is 3.58. The first-order valence-corrected chi connectivity index (χ1v) is 7.70. The molecule has 14 nitrogen and oxygen atoms in total. The summed E-state index contributed by atoms with van der Waals surface area (Å²) in [6.45, 7) is -1.12.